The Labute approximate surface area is 126 Å². The van der Waals surface area contributed by atoms with E-state index in [-0.39, 0.29) is 11.3 Å². The molecule has 2 aromatic rings. The third kappa shape index (κ3) is 4.14. The van der Waals surface area contributed by atoms with Crippen LogP contribution >= 0.6 is 0 Å². The van der Waals surface area contributed by atoms with Crippen molar-refractivity contribution in [3.05, 3.63) is 70.2 Å². The minimum Gasteiger partial charge on any atom is -0.465 e. The molecule has 2 rings (SSSR count). The van der Waals surface area contributed by atoms with E-state index in [9.17, 15) is 14.9 Å². The van der Waals surface area contributed by atoms with Crippen LogP contribution in [0, 0.1) is 10.1 Å². The molecule has 0 aliphatic heterocycles. The second-order valence-electron chi connectivity index (χ2n) is 4.35. The van der Waals surface area contributed by atoms with Gasteiger partial charge in [-0.25, -0.2) is 5.43 Å². The Morgan fingerprint density at radius 3 is 2.64 bits per heavy atom. The Balaban J connectivity index is 1.96. The van der Waals surface area contributed by atoms with Gasteiger partial charge in [0, 0.05) is 17.7 Å². The van der Waals surface area contributed by atoms with Gasteiger partial charge in [-0.15, -0.1) is 0 Å². The minimum atomic E-state index is -0.524. The first kappa shape index (κ1) is 15.2. The van der Waals surface area contributed by atoms with Gasteiger partial charge in [-0.1, -0.05) is 0 Å². The first-order valence-corrected chi connectivity index (χ1v) is 6.37. The van der Waals surface area contributed by atoms with Crippen LogP contribution in [0.3, 0.4) is 0 Å². The predicted molar refractivity (Wildman–Crippen MR) is 81.4 cm³/mol. The molecule has 112 valence electrons. The molecular formula is C15H13N3O4. The number of carbonyl (C=O) groups is 1. The number of carbonyl (C=O) groups excluding carboxylic acids is 1. The maximum Gasteiger partial charge on any atom is 0.271 e. The molecule has 0 bridgehead atoms. The molecule has 1 aromatic carbocycles. The van der Waals surface area contributed by atoms with Crippen molar-refractivity contribution in [3.8, 4) is 0 Å². The molecule has 0 spiro atoms. The lowest BCUT2D eigenvalue weighted by Gasteiger charge is -2.00. The van der Waals surface area contributed by atoms with Gasteiger partial charge < -0.3 is 4.42 Å². The van der Waals surface area contributed by atoms with Crippen molar-refractivity contribution in [1.29, 1.82) is 0 Å². The fraction of sp³-hybridized carbons (Fsp3) is 0.0667. The molecule has 1 heterocycles. The Morgan fingerprint density at radius 2 is 2.05 bits per heavy atom. The number of hydrazone groups is 1. The number of nitro groups is 1. The van der Waals surface area contributed by atoms with Crippen molar-refractivity contribution < 1.29 is 14.1 Å². The van der Waals surface area contributed by atoms with Crippen LogP contribution in [0.4, 0.5) is 5.69 Å². The van der Waals surface area contributed by atoms with Crippen LogP contribution in [0.1, 0.15) is 23.0 Å². The molecule has 0 atom stereocenters. The summed E-state index contributed by atoms with van der Waals surface area (Å²) in [6.45, 7) is 1.72. The molecule has 1 aromatic heterocycles. The standard InChI is InChI=1S/C15H13N3O4/c1-11(4-9-14-3-2-10-22-14)16-17-15(19)12-5-7-13(8-6-12)18(20)21/h2-10H,1H3,(H,17,19). The maximum atomic E-state index is 11.8. The van der Waals surface area contributed by atoms with Gasteiger partial charge in [-0.3, -0.25) is 14.9 Å². The molecule has 22 heavy (non-hydrogen) atoms. The quantitative estimate of drug-likeness (QED) is 0.521. The largest absolute Gasteiger partial charge is 0.465 e. The van der Waals surface area contributed by atoms with Crippen molar-refractivity contribution in [2.75, 3.05) is 0 Å². The highest BCUT2D eigenvalue weighted by atomic mass is 16.6. The van der Waals surface area contributed by atoms with Crippen molar-refractivity contribution in [2.45, 2.75) is 6.92 Å². The highest BCUT2D eigenvalue weighted by Crippen LogP contribution is 2.11. The van der Waals surface area contributed by atoms with Crippen molar-refractivity contribution in [2.24, 2.45) is 5.10 Å². The second kappa shape index (κ2) is 6.98. The maximum absolute atomic E-state index is 11.8. The average molecular weight is 299 g/mol. The average Bonchev–Trinajstić information content (AvgIpc) is 3.04. The van der Waals surface area contributed by atoms with E-state index in [1.54, 1.807) is 37.5 Å². The van der Waals surface area contributed by atoms with E-state index < -0.39 is 10.8 Å². The van der Waals surface area contributed by atoms with E-state index in [2.05, 4.69) is 10.5 Å². The summed E-state index contributed by atoms with van der Waals surface area (Å²) in [7, 11) is 0. The summed E-state index contributed by atoms with van der Waals surface area (Å²) in [5, 5.41) is 14.4. The fourth-order valence-corrected chi connectivity index (χ4v) is 1.56. The van der Waals surface area contributed by atoms with Gasteiger partial charge in [-0.05, 0) is 43.3 Å². The number of non-ortho nitro benzene ring substituents is 1. The molecule has 0 unspecified atom stereocenters. The first-order chi connectivity index (χ1) is 10.6. The summed E-state index contributed by atoms with van der Waals surface area (Å²) in [5.74, 6) is 0.233. The lowest BCUT2D eigenvalue weighted by atomic mass is 10.2. The van der Waals surface area contributed by atoms with Gasteiger partial charge in [0.05, 0.1) is 16.9 Å². The Morgan fingerprint density at radius 1 is 1.32 bits per heavy atom. The molecular weight excluding hydrogens is 286 g/mol. The van der Waals surface area contributed by atoms with Crippen molar-refractivity contribution >= 4 is 23.4 Å². The molecule has 0 saturated heterocycles. The highest BCUT2D eigenvalue weighted by molar-refractivity contribution is 5.99. The number of hydrogen-bond donors (Lipinski definition) is 1. The van der Waals surface area contributed by atoms with Crippen LogP contribution in [0.15, 0.2) is 58.3 Å². The van der Waals surface area contributed by atoms with Crippen molar-refractivity contribution in [1.82, 2.24) is 5.43 Å². The number of allylic oxidation sites excluding steroid dienone is 1. The van der Waals surface area contributed by atoms with E-state index in [0.29, 0.717) is 11.5 Å². The SMILES string of the molecule is CC(C=Cc1ccco1)=NNC(=O)c1ccc([N+](=O)[O-])cc1. The topological polar surface area (TPSA) is 97.7 Å². The monoisotopic (exact) mass is 299 g/mol. The minimum absolute atomic E-state index is 0.0717. The molecule has 1 N–H and O–H groups in total. The van der Waals surface area contributed by atoms with Crippen LogP contribution in [-0.2, 0) is 0 Å². The van der Waals surface area contributed by atoms with E-state index in [0.717, 1.165) is 0 Å². The number of amides is 1. The zero-order chi connectivity index (χ0) is 15.9. The Hall–Kier alpha value is -3.22. The van der Waals surface area contributed by atoms with E-state index in [4.69, 9.17) is 4.42 Å². The molecule has 0 fully saturated rings. The van der Waals surface area contributed by atoms with Gasteiger partial charge in [0.15, 0.2) is 0 Å². The molecule has 1 amide bonds. The summed E-state index contributed by atoms with van der Waals surface area (Å²) < 4.78 is 5.13. The lowest BCUT2D eigenvalue weighted by Crippen LogP contribution is -2.18. The highest BCUT2D eigenvalue weighted by Gasteiger charge is 2.08. The fourth-order valence-electron chi connectivity index (χ4n) is 1.56. The summed E-state index contributed by atoms with van der Waals surface area (Å²) in [4.78, 5) is 21.8. The molecule has 0 aliphatic rings. The number of furan rings is 1. The number of hydrogen-bond acceptors (Lipinski definition) is 5. The molecule has 0 aliphatic carbocycles. The van der Waals surface area contributed by atoms with Crippen LogP contribution < -0.4 is 5.43 Å². The summed E-state index contributed by atoms with van der Waals surface area (Å²) in [6, 6.07) is 8.83. The van der Waals surface area contributed by atoms with Crippen LogP contribution in [-0.4, -0.2) is 16.5 Å². The first-order valence-electron chi connectivity index (χ1n) is 6.37. The van der Waals surface area contributed by atoms with E-state index in [1.165, 1.54) is 24.3 Å². The predicted octanol–water partition coefficient (Wildman–Crippen LogP) is 3.01. The normalized spacial score (nSPS) is 11.6. The number of benzene rings is 1. The zero-order valence-corrected chi connectivity index (χ0v) is 11.7. The lowest BCUT2D eigenvalue weighted by molar-refractivity contribution is -0.384. The van der Waals surface area contributed by atoms with Crippen molar-refractivity contribution in [3.63, 3.8) is 0 Å². The van der Waals surface area contributed by atoms with Gasteiger partial charge in [0.2, 0.25) is 0 Å². The molecule has 7 heteroatoms. The van der Waals surface area contributed by atoms with Gasteiger partial charge in [0.1, 0.15) is 5.76 Å². The Bertz CT molecular complexity index is 716. The van der Waals surface area contributed by atoms with Crippen LogP contribution in [0.25, 0.3) is 6.08 Å². The van der Waals surface area contributed by atoms with Gasteiger partial charge in [-0.2, -0.15) is 5.10 Å². The van der Waals surface area contributed by atoms with E-state index in [1.807, 2.05) is 0 Å². The zero-order valence-electron chi connectivity index (χ0n) is 11.7. The van der Waals surface area contributed by atoms with Gasteiger partial charge >= 0.3 is 0 Å². The summed E-state index contributed by atoms with van der Waals surface area (Å²) >= 11 is 0. The van der Waals surface area contributed by atoms with E-state index >= 15 is 0 Å². The number of rotatable bonds is 5. The smallest absolute Gasteiger partial charge is 0.271 e. The van der Waals surface area contributed by atoms with Crippen LogP contribution in [0.2, 0.25) is 0 Å². The third-order valence-electron chi connectivity index (χ3n) is 2.71. The summed E-state index contributed by atoms with van der Waals surface area (Å²) in [6.07, 6.45) is 4.97. The second-order valence-corrected chi connectivity index (χ2v) is 4.35. The summed E-state index contributed by atoms with van der Waals surface area (Å²) in [5.41, 5.74) is 3.17. The third-order valence-corrected chi connectivity index (χ3v) is 2.71. The molecule has 7 nitrogen and oxygen atoms in total. The number of nitro benzene ring substituents is 1. The Kier molecular flexibility index (Phi) is 4.81. The molecule has 0 saturated carbocycles. The number of nitrogens with one attached hydrogen (secondary N) is 1. The van der Waals surface area contributed by atoms with Gasteiger partial charge in [0.25, 0.3) is 11.6 Å². The number of nitrogens with zero attached hydrogens (tertiary/aromatic N) is 2. The molecule has 0 radical (unpaired) electrons. The van der Waals surface area contributed by atoms with Crippen LogP contribution in [0.5, 0.6) is 0 Å².